The topological polar surface area (TPSA) is 55.3 Å². The third-order valence-corrected chi connectivity index (χ3v) is 3.35. The lowest BCUT2D eigenvalue weighted by molar-refractivity contribution is 0.964. The minimum Gasteiger partial charge on any atom is -0.375 e. The lowest BCUT2D eigenvalue weighted by Crippen LogP contribution is -2.24. The first-order chi connectivity index (χ1) is 9.50. The second-order valence-electron chi connectivity index (χ2n) is 4.35. The van der Waals surface area contributed by atoms with E-state index in [1.54, 1.807) is 6.21 Å². The summed E-state index contributed by atoms with van der Waals surface area (Å²) in [5.41, 5.74) is 11.9. The van der Waals surface area contributed by atoms with Gasteiger partial charge < -0.3 is 10.3 Å². The number of aromatic nitrogens is 1. The number of para-hydroxylation sites is 1. The van der Waals surface area contributed by atoms with Crippen molar-refractivity contribution in [3.63, 3.8) is 0 Å². The molecule has 20 heavy (non-hydrogen) atoms. The Morgan fingerprint density at radius 3 is 2.75 bits per heavy atom. The summed E-state index contributed by atoms with van der Waals surface area (Å²) in [4.78, 5) is 0. The molecule has 0 spiro atoms. The van der Waals surface area contributed by atoms with Gasteiger partial charge in [0.05, 0.1) is 16.9 Å². The Morgan fingerprint density at radius 2 is 2.10 bits per heavy atom. The van der Waals surface area contributed by atoms with Crippen LogP contribution in [0.2, 0.25) is 5.02 Å². The molecule has 0 fully saturated rings. The van der Waals surface area contributed by atoms with Crippen LogP contribution in [0.5, 0.6) is 0 Å². The van der Waals surface area contributed by atoms with E-state index >= 15 is 0 Å². The van der Waals surface area contributed by atoms with Gasteiger partial charge in [-0.15, -0.1) is 0 Å². The molecule has 104 valence electrons. The highest BCUT2D eigenvalue weighted by molar-refractivity contribution is 7.80. The second kappa shape index (κ2) is 6.07. The van der Waals surface area contributed by atoms with Gasteiger partial charge >= 0.3 is 0 Å². The Bertz CT molecular complexity index is 676. The molecule has 3 N–H and O–H groups in total. The molecular formula is C14H15ClN4S. The summed E-state index contributed by atoms with van der Waals surface area (Å²) in [5, 5.41) is 4.83. The molecule has 0 aliphatic heterocycles. The van der Waals surface area contributed by atoms with Crippen LogP contribution in [0.1, 0.15) is 17.0 Å². The minimum atomic E-state index is 0.140. The van der Waals surface area contributed by atoms with Crippen LogP contribution in [0.3, 0.4) is 0 Å². The highest BCUT2D eigenvalue weighted by Gasteiger charge is 2.11. The largest absolute Gasteiger partial charge is 0.375 e. The molecule has 0 atom stereocenters. The van der Waals surface area contributed by atoms with E-state index in [1.807, 2.05) is 44.2 Å². The summed E-state index contributed by atoms with van der Waals surface area (Å²) in [5.74, 6) is 0. The number of nitrogens with zero attached hydrogens (tertiary/aromatic N) is 2. The molecule has 0 bridgehead atoms. The Morgan fingerprint density at radius 1 is 1.40 bits per heavy atom. The van der Waals surface area contributed by atoms with Crippen LogP contribution in [-0.2, 0) is 0 Å². The summed E-state index contributed by atoms with van der Waals surface area (Å²) in [6.07, 6.45) is 1.69. The Balaban J connectivity index is 2.42. The normalized spacial score (nSPS) is 10.9. The lowest BCUT2D eigenvalue weighted by atomic mass is 10.2. The molecule has 0 aliphatic rings. The van der Waals surface area contributed by atoms with Crippen molar-refractivity contribution < 1.29 is 0 Å². The van der Waals surface area contributed by atoms with Gasteiger partial charge in [0, 0.05) is 17.0 Å². The third-order valence-electron chi connectivity index (χ3n) is 2.94. The molecule has 0 amide bonds. The van der Waals surface area contributed by atoms with E-state index in [2.05, 4.69) is 15.1 Å². The number of hydrogen-bond donors (Lipinski definition) is 2. The summed E-state index contributed by atoms with van der Waals surface area (Å²) >= 11 is 11.0. The first-order valence-electron chi connectivity index (χ1n) is 6.03. The summed E-state index contributed by atoms with van der Waals surface area (Å²) in [7, 11) is 0. The Labute approximate surface area is 128 Å². The number of aryl methyl sites for hydroxylation is 1. The zero-order chi connectivity index (χ0) is 14.7. The van der Waals surface area contributed by atoms with Crippen LogP contribution in [0.4, 0.5) is 0 Å². The minimum absolute atomic E-state index is 0.140. The zero-order valence-corrected chi connectivity index (χ0v) is 12.8. The van der Waals surface area contributed by atoms with Crippen LogP contribution >= 0.6 is 23.8 Å². The molecule has 6 heteroatoms. The monoisotopic (exact) mass is 306 g/mol. The molecule has 4 nitrogen and oxygen atoms in total. The van der Waals surface area contributed by atoms with Gasteiger partial charge in [-0.05, 0) is 44.3 Å². The van der Waals surface area contributed by atoms with Crippen molar-refractivity contribution in [1.29, 1.82) is 0 Å². The number of thiocarbonyl (C=S) groups is 1. The first kappa shape index (κ1) is 14.6. The number of rotatable bonds is 3. The third kappa shape index (κ3) is 3.00. The molecule has 1 aromatic heterocycles. The number of hydrogen-bond acceptors (Lipinski definition) is 2. The number of nitrogens with two attached hydrogens (primary N) is 1. The van der Waals surface area contributed by atoms with E-state index in [0.29, 0.717) is 5.02 Å². The fourth-order valence-electron chi connectivity index (χ4n) is 2.09. The first-order valence-corrected chi connectivity index (χ1v) is 6.81. The number of benzene rings is 1. The average Bonchev–Trinajstić information content (AvgIpc) is 2.65. The van der Waals surface area contributed by atoms with Gasteiger partial charge in [0.1, 0.15) is 0 Å². The van der Waals surface area contributed by atoms with Crippen LogP contribution < -0.4 is 11.2 Å². The van der Waals surface area contributed by atoms with E-state index in [4.69, 9.17) is 29.6 Å². The van der Waals surface area contributed by atoms with Crippen LogP contribution in [-0.4, -0.2) is 15.9 Å². The maximum atomic E-state index is 6.26. The zero-order valence-electron chi connectivity index (χ0n) is 11.2. The van der Waals surface area contributed by atoms with Gasteiger partial charge in [-0.1, -0.05) is 23.7 Å². The predicted molar refractivity (Wildman–Crippen MR) is 87.8 cm³/mol. The fraction of sp³-hybridized carbons (Fsp3) is 0.143. The summed E-state index contributed by atoms with van der Waals surface area (Å²) in [6, 6.07) is 9.76. The smallest absolute Gasteiger partial charge is 0.184 e. The summed E-state index contributed by atoms with van der Waals surface area (Å²) in [6.45, 7) is 4.03. The average molecular weight is 307 g/mol. The lowest BCUT2D eigenvalue weighted by Gasteiger charge is -2.11. The number of hydrazone groups is 1. The van der Waals surface area contributed by atoms with Crippen LogP contribution in [0.15, 0.2) is 35.4 Å². The fourth-order valence-corrected chi connectivity index (χ4v) is 2.36. The van der Waals surface area contributed by atoms with E-state index in [9.17, 15) is 0 Å². The molecule has 2 rings (SSSR count). The van der Waals surface area contributed by atoms with Crippen molar-refractivity contribution in [2.24, 2.45) is 10.8 Å². The molecule has 1 heterocycles. The van der Waals surface area contributed by atoms with E-state index in [0.717, 1.165) is 22.6 Å². The maximum Gasteiger partial charge on any atom is 0.184 e. The molecule has 0 saturated heterocycles. The van der Waals surface area contributed by atoms with Crippen molar-refractivity contribution >= 4 is 35.1 Å². The van der Waals surface area contributed by atoms with Gasteiger partial charge in [0.25, 0.3) is 0 Å². The Hall–Kier alpha value is -1.85. The highest BCUT2D eigenvalue weighted by atomic mass is 35.5. The van der Waals surface area contributed by atoms with Crippen molar-refractivity contribution in [1.82, 2.24) is 9.99 Å². The molecular weight excluding hydrogens is 292 g/mol. The van der Waals surface area contributed by atoms with E-state index < -0.39 is 0 Å². The number of halogens is 1. The molecule has 2 aromatic rings. The Kier molecular flexibility index (Phi) is 4.42. The molecule has 0 unspecified atom stereocenters. The molecule has 0 saturated carbocycles. The van der Waals surface area contributed by atoms with Crippen molar-refractivity contribution in [2.45, 2.75) is 13.8 Å². The quantitative estimate of drug-likeness (QED) is 0.521. The highest BCUT2D eigenvalue weighted by Crippen LogP contribution is 2.25. The number of nitrogens with one attached hydrogen (secondary N) is 1. The van der Waals surface area contributed by atoms with Crippen molar-refractivity contribution in [3.8, 4) is 5.69 Å². The van der Waals surface area contributed by atoms with Gasteiger partial charge in [0.2, 0.25) is 0 Å². The predicted octanol–water partition coefficient (Wildman–Crippen LogP) is 2.91. The summed E-state index contributed by atoms with van der Waals surface area (Å²) < 4.78 is 2.09. The van der Waals surface area contributed by atoms with E-state index in [1.165, 1.54) is 0 Å². The van der Waals surface area contributed by atoms with Crippen LogP contribution in [0, 0.1) is 13.8 Å². The standard InChI is InChI=1S/C14H15ClN4S/c1-9-7-11(8-17-18-14(16)20)10(2)19(9)13-6-4-3-5-12(13)15/h3-8H,1-2H3,(H3,16,18,20)/b17-8+. The van der Waals surface area contributed by atoms with Crippen molar-refractivity contribution in [3.05, 3.63) is 52.3 Å². The second-order valence-corrected chi connectivity index (χ2v) is 5.19. The van der Waals surface area contributed by atoms with Gasteiger partial charge in [-0.3, -0.25) is 5.43 Å². The maximum absolute atomic E-state index is 6.26. The van der Waals surface area contributed by atoms with Crippen molar-refractivity contribution in [2.75, 3.05) is 0 Å². The van der Waals surface area contributed by atoms with Gasteiger partial charge in [-0.25, -0.2) is 0 Å². The van der Waals surface area contributed by atoms with Gasteiger partial charge in [0.15, 0.2) is 5.11 Å². The molecule has 0 radical (unpaired) electrons. The van der Waals surface area contributed by atoms with Gasteiger partial charge in [-0.2, -0.15) is 5.10 Å². The molecule has 1 aromatic carbocycles. The van der Waals surface area contributed by atoms with Crippen LogP contribution in [0.25, 0.3) is 5.69 Å². The SMILES string of the molecule is Cc1cc(/C=N/NC(N)=S)c(C)n1-c1ccccc1Cl. The van der Waals surface area contributed by atoms with E-state index in [-0.39, 0.29) is 5.11 Å². The molecule has 0 aliphatic carbocycles.